The molecule has 32 heavy (non-hydrogen) atoms. The van der Waals surface area contributed by atoms with Crippen molar-refractivity contribution in [1.29, 1.82) is 0 Å². The molecule has 1 amide bonds. The van der Waals surface area contributed by atoms with Crippen LogP contribution in [0.5, 0.6) is 5.75 Å². The quantitative estimate of drug-likeness (QED) is 0.377. The monoisotopic (exact) mass is 484 g/mol. The van der Waals surface area contributed by atoms with Crippen LogP contribution in [0.3, 0.4) is 0 Å². The van der Waals surface area contributed by atoms with E-state index in [-0.39, 0.29) is 12.0 Å². The highest BCUT2D eigenvalue weighted by molar-refractivity contribution is 7.80. The molecule has 2 aliphatic rings. The number of nitrogen functional groups attached to an aromatic ring is 1. The number of aliphatic hydroxyl groups excluding tert-OH is 1. The number of halogens is 1. The number of thiocarbonyl (C=S) groups is 1. The Kier molecular flexibility index (Phi) is 9.36. The predicted octanol–water partition coefficient (Wildman–Crippen LogP) is 1.52. The van der Waals surface area contributed by atoms with Crippen molar-refractivity contribution >= 4 is 40.4 Å². The van der Waals surface area contributed by atoms with Gasteiger partial charge in [0.15, 0.2) is 0 Å². The number of nitrogens with two attached hydrogens (primary N) is 1. The van der Waals surface area contributed by atoms with Crippen LogP contribution in [-0.4, -0.2) is 91.0 Å². The number of hydrogen-bond donors (Lipinski definition) is 3. The third kappa shape index (κ3) is 6.68. The topological polar surface area (TPSA) is 100 Å². The maximum absolute atomic E-state index is 11.6. The number of benzene rings is 1. The van der Waals surface area contributed by atoms with Gasteiger partial charge in [0.2, 0.25) is 5.91 Å². The second-order valence-corrected chi connectivity index (χ2v) is 9.06. The van der Waals surface area contributed by atoms with Crippen LogP contribution in [0.25, 0.3) is 0 Å². The molecule has 0 spiro atoms. The highest BCUT2D eigenvalue weighted by atomic mass is 35.5. The molecule has 1 aromatic rings. The normalized spacial score (nSPS) is 20.2. The molecule has 2 heterocycles. The Morgan fingerprint density at radius 1 is 1.38 bits per heavy atom. The van der Waals surface area contributed by atoms with Crippen molar-refractivity contribution in [3.63, 3.8) is 0 Å². The molecule has 4 N–H and O–H groups in total. The van der Waals surface area contributed by atoms with Gasteiger partial charge in [-0.25, -0.2) is 0 Å². The van der Waals surface area contributed by atoms with Crippen LogP contribution >= 0.6 is 23.8 Å². The van der Waals surface area contributed by atoms with E-state index in [0.717, 1.165) is 51.1 Å². The number of likely N-dealkylation sites (tertiary alicyclic amines) is 1. The first-order valence-corrected chi connectivity index (χ1v) is 11.9. The maximum atomic E-state index is 11.6. The average molecular weight is 485 g/mol. The van der Waals surface area contributed by atoms with E-state index in [4.69, 9.17) is 44.1 Å². The number of aliphatic hydroxyl groups is 1. The number of carbonyl (C=O) groups is 1. The lowest BCUT2D eigenvalue weighted by Gasteiger charge is -2.38. The highest BCUT2D eigenvalue weighted by Gasteiger charge is 2.27. The van der Waals surface area contributed by atoms with Crippen molar-refractivity contribution in [2.24, 2.45) is 5.92 Å². The van der Waals surface area contributed by atoms with Crippen LogP contribution < -0.4 is 15.8 Å². The lowest BCUT2D eigenvalue weighted by atomic mass is 9.96. The van der Waals surface area contributed by atoms with Gasteiger partial charge < -0.3 is 30.5 Å². The Labute approximate surface area is 200 Å². The summed E-state index contributed by atoms with van der Waals surface area (Å²) in [6.07, 6.45) is 1.96. The summed E-state index contributed by atoms with van der Waals surface area (Å²) in [5.74, 6) is 0.993. The van der Waals surface area contributed by atoms with E-state index in [1.807, 2.05) is 6.92 Å². The highest BCUT2D eigenvalue weighted by Crippen LogP contribution is 2.29. The molecule has 3 rings (SSSR count). The maximum Gasteiger partial charge on any atom is 0.248 e. The summed E-state index contributed by atoms with van der Waals surface area (Å²) in [6.45, 7) is 7.44. The minimum absolute atomic E-state index is 0.0255. The third-order valence-corrected chi connectivity index (χ3v) is 6.67. The van der Waals surface area contributed by atoms with E-state index < -0.39 is 6.61 Å². The second-order valence-electron chi connectivity index (χ2n) is 8.25. The Morgan fingerprint density at radius 2 is 2.12 bits per heavy atom. The predicted molar refractivity (Wildman–Crippen MR) is 129 cm³/mol. The molecule has 1 aromatic carbocycles. The van der Waals surface area contributed by atoms with Crippen molar-refractivity contribution in [3.8, 4) is 5.75 Å². The first kappa shape index (κ1) is 25.0. The summed E-state index contributed by atoms with van der Waals surface area (Å²) in [5, 5.41) is 12.8. The summed E-state index contributed by atoms with van der Waals surface area (Å²) in [7, 11) is 0. The molecule has 1 unspecified atom stereocenters. The van der Waals surface area contributed by atoms with Crippen LogP contribution in [0.2, 0.25) is 5.02 Å². The molecular weight excluding hydrogens is 452 g/mol. The van der Waals surface area contributed by atoms with Gasteiger partial charge in [0.05, 0.1) is 35.6 Å². The van der Waals surface area contributed by atoms with E-state index in [9.17, 15) is 4.79 Å². The van der Waals surface area contributed by atoms with Gasteiger partial charge in [0, 0.05) is 45.3 Å². The third-order valence-electron chi connectivity index (χ3n) is 5.98. The number of hydrogen-bond acceptors (Lipinski definition) is 7. The first-order valence-electron chi connectivity index (χ1n) is 11.1. The largest absolute Gasteiger partial charge is 0.493 e. The fourth-order valence-corrected chi connectivity index (χ4v) is 4.63. The molecule has 2 aliphatic heterocycles. The first-order chi connectivity index (χ1) is 15.4. The standard InChI is InChI=1S/C22H33ClN4O4S/c1-2-30-20-10-19(24)18(23)9-17(20)22(32)25-11-16-13-26(7-8-31-16)12-15-3-5-27(6-4-15)21(29)14-28/h9-10,15-16,28H,2-8,11-14,24H2,1H3,(H,25,32). The van der Waals surface area contributed by atoms with Crippen molar-refractivity contribution in [2.45, 2.75) is 25.9 Å². The van der Waals surface area contributed by atoms with Gasteiger partial charge in [0.1, 0.15) is 17.3 Å². The fraction of sp³-hybridized carbons (Fsp3) is 0.636. The molecule has 8 nitrogen and oxygen atoms in total. The van der Waals surface area contributed by atoms with Crippen LogP contribution in [0.15, 0.2) is 12.1 Å². The molecule has 2 fully saturated rings. The van der Waals surface area contributed by atoms with Crippen LogP contribution in [0.1, 0.15) is 25.3 Å². The molecule has 0 aromatic heterocycles. The van der Waals surface area contributed by atoms with Crippen molar-refractivity contribution in [3.05, 3.63) is 22.7 Å². The van der Waals surface area contributed by atoms with Crippen LogP contribution in [0, 0.1) is 5.92 Å². The number of carbonyl (C=O) groups excluding carboxylic acids is 1. The number of amides is 1. The number of morpholine rings is 1. The SMILES string of the molecule is CCOc1cc(N)c(Cl)cc1C(=S)NCC1CN(CC2CCN(C(=O)CO)CC2)CCO1. The van der Waals surface area contributed by atoms with E-state index in [2.05, 4.69) is 10.2 Å². The summed E-state index contributed by atoms with van der Waals surface area (Å²) in [6, 6.07) is 3.44. The van der Waals surface area contributed by atoms with Crippen LogP contribution in [-0.2, 0) is 9.53 Å². The zero-order valence-electron chi connectivity index (χ0n) is 18.5. The van der Waals surface area contributed by atoms with Gasteiger partial charge in [-0.3, -0.25) is 9.69 Å². The molecular formula is C22H33ClN4O4S. The Morgan fingerprint density at radius 3 is 2.81 bits per heavy atom. The van der Waals surface area contributed by atoms with Crippen molar-refractivity contribution in [1.82, 2.24) is 15.1 Å². The number of nitrogens with one attached hydrogen (secondary N) is 1. The zero-order valence-corrected chi connectivity index (χ0v) is 20.1. The summed E-state index contributed by atoms with van der Waals surface area (Å²) < 4.78 is 11.6. The summed E-state index contributed by atoms with van der Waals surface area (Å²) in [4.78, 5) is 16.4. The average Bonchev–Trinajstić information content (AvgIpc) is 2.80. The van der Waals surface area contributed by atoms with Gasteiger partial charge >= 0.3 is 0 Å². The molecule has 0 bridgehead atoms. The van der Waals surface area contributed by atoms with Crippen molar-refractivity contribution < 1.29 is 19.4 Å². The second kappa shape index (κ2) is 12.0. The molecule has 2 saturated heterocycles. The van der Waals surface area contributed by atoms with Gasteiger partial charge in [-0.15, -0.1) is 0 Å². The van der Waals surface area contributed by atoms with Gasteiger partial charge in [-0.2, -0.15) is 0 Å². The molecule has 10 heteroatoms. The summed E-state index contributed by atoms with van der Waals surface area (Å²) in [5.41, 5.74) is 7.08. The number of nitrogens with zero attached hydrogens (tertiary/aromatic N) is 2. The minimum Gasteiger partial charge on any atom is -0.493 e. The smallest absolute Gasteiger partial charge is 0.248 e. The fourth-order valence-electron chi connectivity index (χ4n) is 4.22. The molecule has 1 atom stereocenters. The number of rotatable bonds is 8. The van der Waals surface area contributed by atoms with Crippen molar-refractivity contribution in [2.75, 3.05) is 64.8 Å². The van der Waals surface area contributed by atoms with E-state index in [1.54, 1.807) is 17.0 Å². The Hall–Kier alpha value is -1.65. The molecule has 178 valence electrons. The Balaban J connectivity index is 1.48. The molecule has 0 aliphatic carbocycles. The van der Waals surface area contributed by atoms with E-state index in [0.29, 0.717) is 47.1 Å². The van der Waals surface area contributed by atoms with Crippen LogP contribution in [0.4, 0.5) is 5.69 Å². The molecule has 0 saturated carbocycles. The number of piperidine rings is 1. The number of anilines is 1. The molecule has 0 radical (unpaired) electrons. The Bertz CT molecular complexity index is 804. The van der Waals surface area contributed by atoms with Gasteiger partial charge in [-0.05, 0) is 31.7 Å². The summed E-state index contributed by atoms with van der Waals surface area (Å²) >= 11 is 11.8. The van der Waals surface area contributed by atoms with E-state index >= 15 is 0 Å². The van der Waals surface area contributed by atoms with Gasteiger partial charge in [0.25, 0.3) is 0 Å². The lowest BCUT2D eigenvalue weighted by Crippen LogP contribution is -2.50. The zero-order chi connectivity index (χ0) is 23.1. The number of ether oxygens (including phenoxy) is 2. The van der Waals surface area contributed by atoms with E-state index in [1.165, 1.54) is 0 Å². The minimum atomic E-state index is -0.403. The lowest BCUT2D eigenvalue weighted by molar-refractivity contribution is -0.135. The van der Waals surface area contributed by atoms with Gasteiger partial charge in [-0.1, -0.05) is 23.8 Å².